The quantitative estimate of drug-likeness (QED) is 0.806. The van der Waals surface area contributed by atoms with Gasteiger partial charge >= 0.3 is 0 Å². The van der Waals surface area contributed by atoms with Gasteiger partial charge in [-0.1, -0.05) is 12.1 Å². The topological polar surface area (TPSA) is 59.5 Å². The smallest absolute Gasteiger partial charge is 0.261 e. The molecule has 0 fully saturated rings. The molecule has 0 radical (unpaired) electrons. The van der Waals surface area contributed by atoms with Gasteiger partial charge in [0.25, 0.3) is 5.91 Å². The molecule has 0 aliphatic rings. The minimum Gasteiger partial charge on any atom is -0.469 e. The summed E-state index contributed by atoms with van der Waals surface area (Å²) in [7, 11) is 1.69. The Bertz CT molecular complexity index is 546. The summed E-state index contributed by atoms with van der Waals surface area (Å²) in [5.74, 6) is 0.477. The minimum atomic E-state index is -0.130. The van der Waals surface area contributed by atoms with Crippen molar-refractivity contribution in [2.45, 2.75) is 6.92 Å². The SMILES string of the molecule is Cc1occc1C(=O)N(C)c1ccccc1N. The Morgan fingerprint density at radius 1 is 1.29 bits per heavy atom. The molecule has 1 heterocycles. The van der Waals surface area contributed by atoms with Gasteiger partial charge in [0, 0.05) is 7.05 Å². The van der Waals surface area contributed by atoms with Crippen LogP contribution in [0.15, 0.2) is 41.0 Å². The molecule has 1 aromatic carbocycles. The molecule has 0 bridgehead atoms. The average molecular weight is 230 g/mol. The normalized spacial score (nSPS) is 10.2. The maximum absolute atomic E-state index is 12.2. The highest BCUT2D eigenvalue weighted by atomic mass is 16.3. The van der Waals surface area contributed by atoms with Crippen LogP contribution in [0.3, 0.4) is 0 Å². The second-order valence-corrected chi connectivity index (χ2v) is 3.81. The maximum Gasteiger partial charge on any atom is 0.261 e. The Morgan fingerprint density at radius 3 is 2.59 bits per heavy atom. The molecule has 17 heavy (non-hydrogen) atoms. The van der Waals surface area contributed by atoms with Crippen molar-refractivity contribution < 1.29 is 9.21 Å². The fraction of sp³-hybridized carbons (Fsp3) is 0.154. The van der Waals surface area contributed by atoms with Crippen LogP contribution in [0.5, 0.6) is 0 Å². The highest BCUT2D eigenvalue weighted by molar-refractivity contribution is 6.07. The first-order chi connectivity index (χ1) is 8.11. The van der Waals surface area contributed by atoms with Crippen LogP contribution in [-0.2, 0) is 0 Å². The lowest BCUT2D eigenvalue weighted by atomic mass is 10.2. The number of anilines is 2. The zero-order valence-electron chi connectivity index (χ0n) is 9.81. The van der Waals surface area contributed by atoms with Crippen LogP contribution >= 0.6 is 0 Å². The molecule has 0 spiro atoms. The monoisotopic (exact) mass is 230 g/mol. The van der Waals surface area contributed by atoms with E-state index in [2.05, 4.69) is 0 Å². The minimum absolute atomic E-state index is 0.130. The largest absolute Gasteiger partial charge is 0.469 e. The van der Waals surface area contributed by atoms with Crippen LogP contribution < -0.4 is 10.6 Å². The van der Waals surface area contributed by atoms with Crippen LogP contribution in [-0.4, -0.2) is 13.0 Å². The van der Waals surface area contributed by atoms with Crippen LogP contribution in [0.2, 0.25) is 0 Å². The summed E-state index contributed by atoms with van der Waals surface area (Å²) in [5, 5.41) is 0. The lowest BCUT2D eigenvalue weighted by Gasteiger charge is -2.18. The van der Waals surface area contributed by atoms with Gasteiger partial charge in [-0.05, 0) is 25.1 Å². The van der Waals surface area contributed by atoms with Crippen molar-refractivity contribution >= 4 is 17.3 Å². The van der Waals surface area contributed by atoms with Crippen LogP contribution in [0.25, 0.3) is 0 Å². The van der Waals surface area contributed by atoms with Gasteiger partial charge in [0.2, 0.25) is 0 Å². The van der Waals surface area contributed by atoms with Gasteiger partial charge in [-0.15, -0.1) is 0 Å². The third kappa shape index (κ3) is 2.01. The predicted octanol–water partition coefficient (Wildman–Crippen LogP) is 2.45. The predicted molar refractivity (Wildman–Crippen MR) is 67.0 cm³/mol. The number of nitrogen functional groups attached to an aromatic ring is 1. The lowest BCUT2D eigenvalue weighted by Crippen LogP contribution is -2.27. The number of aryl methyl sites for hydroxylation is 1. The molecular formula is C13H14N2O2. The number of carbonyl (C=O) groups is 1. The average Bonchev–Trinajstić information content (AvgIpc) is 2.74. The van der Waals surface area contributed by atoms with Crippen molar-refractivity contribution in [1.82, 2.24) is 0 Å². The number of benzene rings is 1. The molecule has 1 amide bonds. The van der Waals surface area contributed by atoms with Crippen molar-refractivity contribution in [1.29, 1.82) is 0 Å². The van der Waals surface area contributed by atoms with Crippen molar-refractivity contribution in [3.8, 4) is 0 Å². The van der Waals surface area contributed by atoms with E-state index in [-0.39, 0.29) is 5.91 Å². The van der Waals surface area contributed by atoms with E-state index < -0.39 is 0 Å². The molecule has 2 N–H and O–H groups in total. The molecule has 4 heteroatoms. The Balaban J connectivity index is 2.33. The van der Waals surface area contributed by atoms with Crippen molar-refractivity contribution in [2.75, 3.05) is 17.7 Å². The van der Waals surface area contributed by atoms with Crippen LogP contribution in [0, 0.1) is 6.92 Å². The van der Waals surface area contributed by atoms with E-state index in [1.807, 2.05) is 18.2 Å². The third-order valence-corrected chi connectivity index (χ3v) is 2.69. The first-order valence-electron chi connectivity index (χ1n) is 5.28. The summed E-state index contributed by atoms with van der Waals surface area (Å²) in [4.78, 5) is 13.7. The zero-order chi connectivity index (χ0) is 12.4. The van der Waals surface area contributed by atoms with Crippen molar-refractivity contribution in [2.24, 2.45) is 0 Å². The van der Waals surface area contributed by atoms with Gasteiger partial charge in [0.05, 0.1) is 23.2 Å². The van der Waals surface area contributed by atoms with Gasteiger partial charge < -0.3 is 15.1 Å². The second kappa shape index (κ2) is 4.33. The molecule has 0 atom stereocenters. The van der Waals surface area contributed by atoms with Crippen LogP contribution in [0.1, 0.15) is 16.1 Å². The van der Waals surface area contributed by atoms with E-state index in [1.54, 1.807) is 26.1 Å². The molecule has 0 unspecified atom stereocenters. The van der Waals surface area contributed by atoms with E-state index >= 15 is 0 Å². The first kappa shape index (κ1) is 11.3. The summed E-state index contributed by atoms with van der Waals surface area (Å²) >= 11 is 0. The van der Waals surface area contributed by atoms with Gasteiger partial charge in [-0.2, -0.15) is 0 Å². The van der Waals surface area contributed by atoms with E-state index in [0.29, 0.717) is 22.7 Å². The van der Waals surface area contributed by atoms with E-state index in [4.69, 9.17) is 10.2 Å². The number of nitrogens with two attached hydrogens (primary N) is 1. The molecule has 88 valence electrons. The number of furan rings is 1. The fourth-order valence-electron chi connectivity index (χ4n) is 1.69. The molecule has 4 nitrogen and oxygen atoms in total. The van der Waals surface area contributed by atoms with Crippen molar-refractivity contribution in [3.05, 3.63) is 47.9 Å². The Kier molecular flexibility index (Phi) is 2.87. The first-order valence-corrected chi connectivity index (χ1v) is 5.28. The molecule has 0 aliphatic heterocycles. The van der Waals surface area contributed by atoms with Crippen molar-refractivity contribution in [3.63, 3.8) is 0 Å². The number of rotatable bonds is 2. The fourth-order valence-corrected chi connectivity index (χ4v) is 1.69. The summed E-state index contributed by atoms with van der Waals surface area (Å²) in [6.07, 6.45) is 1.50. The molecule has 2 aromatic rings. The maximum atomic E-state index is 12.2. The van der Waals surface area contributed by atoms with E-state index in [1.165, 1.54) is 11.2 Å². The van der Waals surface area contributed by atoms with Crippen LogP contribution in [0.4, 0.5) is 11.4 Å². The number of nitrogens with zero attached hydrogens (tertiary/aromatic N) is 1. The molecular weight excluding hydrogens is 216 g/mol. The standard InChI is InChI=1S/C13H14N2O2/c1-9-10(7-8-17-9)13(16)15(2)12-6-4-3-5-11(12)14/h3-8H,14H2,1-2H3. The molecule has 0 saturated heterocycles. The van der Waals surface area contributed by atoms with Gasteiger partial charge in [0.1, 0.15) is 5.76 Å². The third-order valence-electron chi connectivity index (χ3n) is 2.69. The number of para-hydroxylation sites is 2. The molecule has 0 saturated carbocycles. The Labute approximate surface area is 99.6 Å². The zero-order valence-corrected chi connectivity index (χ0v) is 9.81. The summed E-state index contributed by atoms with van der Waals surface area (Å²) in [6, 6.07) is 8.91. The number of carbonyl (C=O) groups excluding carboxylic acids is 1. The summed E-state index contributed by atoms with van der Waals surface area (Å²) < 4.78 is 5.12. The van der Waals surface area contributed by atoms with E-state index in [9.17, 15) is 4.79 Å². The lowest BCUT2D eigenvalue weighted by molar-refractivity contribution is 0.0991. The number of amides is 1. The number of hydrogen-bond acceptors (Lipinski definition) is 3. The molecule has 2 rings (SSSR count). The Hall–Kier alpha value is -2.23. The van der Waals surface area contributed by atoms with Gasteiger partial charge in [0.15, 0.2) is 0 Å². The van der Waals surface area contributed by atoms with E-state index in [0.717, 1.165) is 0 Å². The van der Waals surface area contributed by atoms with Gasteiger partial charge in [-0.25, -0.2) is 0 Å². The molecule has 0 aliphatic carbocycles. The Morgan fingerprint density at radius 2 is 2.00 bits per heavy atom. The van der Waals surface area contributed by atoms with Gasteiger partial charge in [-0.3, -0.25) is 4.79 Å². The summed E-state index contributed by atoms with van der Waals surface area (Å²) in [6.45, 7) is 1.76. The second-order valence-electron chi connectivity index (χ2n) is 3.81. The summed E-state index contributed by atoms with van der Waals surface area (Å²) in [5.41, 5.74) is 7.65. The molecule has 1 aromatic heterocycles. The number of hydrogen-bond donors (Lipinski definition) is 1. The highest BCUT2D eigenvalue weighted by Gasteiger charge is 2.18. The highest BCUT2D eigenvalue weighted by Crippen LogP contribution is 2.23.